The lowest BCUT2D eigenvalue weighted by Gasteiger charge is -2.34. The summed E-state index contributed by atoms with van der Waals surface area (Å²) < 4.78 is 31.3. The van der Waals surface area contributed by atoms with E-state index in [2.05, 4.69) is 36.5 Å². The molecule has 1 amide bonds. The molecule has 2 unspecified atom stereocenters. The first-order valence-electron chi connectivity index (χ1n) is 9.16. The quantitative estimate of drug-likeness (QED) is 0.769. The van der Waals surface area contributed by atoms with Crippen LogP contribution in [0.15, 0.2) is 14.5 Å². The number of hydrogen-bond acceptors (Lipinski definition) is 6. The molecule has 1 heterocycles. The number of amides is 1. The molecule has 2 aliphatic carbocycles. The second-order valence-corrected chi connectivity index (χ2v) is 10.5. The number of nitrogens with one attached hydrogen (secondary N) is 1. The second-order valence-electron chi connectivity index (χ2n) is 8.50. The van der Waals surface area contributed by atoms with Crippen LogP contribution in [0.1, 0.15) is 51.5 Å². The van der Waals surface area contributed by atoms with Crippen LogP contribution < -0.4 is 5.43 Å². The topological polar surface area (TPSA) is 105 Å². The minimum atomic E-state index is -3.86. The van der Waals surface area contributed by atoms with E-state index in [1.807, 2.05) is 0 Å². The highest BCUT2D eigenvalue weighted by Crippen LogP contribution is 2.63. The van der Waals surface area contributed by atoms with E-state index in [1.165, 1.54) is 20.4 Å². The fraction of sp³-hybridized carbons (Fsp3) is 0.722. The summed E-state index contributed by atoms with van der Waals surface area (Å²) in [6.45, 7) is 9.49. The van der Waals surface area contributed by atoms with E-state index >= 15 is 0 Å². The van der Waals surface area contributed by atoms with Crippen molar-refractivity contribution in [3.05, 3.63) is 11.5 Å². The van der Waals surface area contributed by atoms with Crippen molar-refractivity contribution in [3.63, 3.8) is 0 Å². The Morgan fingerprint density at radius 3 is 2.52 bits per heavy atom. The van der Waals surface area contributed by atoms with Gasteiger partial charge in [0.15, 0.2) is 5.76 Å². The second kappa shape index (κ2) is 6.41. The van der Waals surface area contributed by atoms with Gasteiger partial charge in [0, 0.05) is 18.2 Å². The van der Waals surface area contributed by atoms with Gasteiger partial charge in [-0.15, -0.1) is 0 Å². The molecule has 8 nitrogen and oxygen atoms in total. The smallest absolute Gasteiger partial charge is 0.255 e. The summed E-state index contributed by atoms with van der Waals surface area (Å²) in [5.74, 6) is 0.322. The van der Waals surface area contributed by atoms with Crippen LogP contribution in [0.25, 0.3) is 0 Å². The molecule has 1 N–H and O–H groups in total. The third kappa shape index (κ3) is 3.00. The Bertz CT molecular complexity index is 883. The summed E-state index contributed by atoms with van der Waals surface area (Å²) in [6.07, 6.45) is 3.14. The predicted octanol–water partition coefficient (Wildman–Crippen LogP) is 2.23. The van der Waals surface area contributed by atoms with Gasteiger partial charge in [0.1, 0.15) is 10.6 Å². The third-order valence-electron chi connectivity index (χ3n) is 6.83. The molecule has 0 aliphatic heterocycles. The number of rotatable bonds is 5. The molecule has 1 aromatic heterocycles. The average Bonchev–Trinajstić information content (AvgIpc) is 3.09. The van der Waals surface area contributed by atoms with Gasteiger partial charge in [-0.25, -0.2) is 13.8 Å². The Balaban J connectivity index is 1.68. The molecule has 0 radical (unpaired) electrons. The van der Waals surface area contributed by atoms with Gasteiger partial charge in [0.2, 0.25) is 10.0 Å². The largest absolute Gasteiger partial charge is 0.360 e. The van der Waals surface area contributed by atoms with Crippen LogP contribution >= 0.6 is 0 Å². The zero-order valence-corrected chi connectivity index (χ0v) is 17.6. The number of hydrogen-bond donors (Lipinski definition) is 1. The van der Waals surface area contributed by atoms with Gasteiger partial charge in [0.05, 0.1) is 6.54 Å². The molecule has 0 spiro atoms. The number of carbonyl (C=O) groups excluding carboxylic acids is 1. The first-order chi connectivity index (χ1) is 12.4. The maximum atomic E-state index is 12.7. The van der Waals surface area contributed by atoms with Gasteiger partial charge in [-0.3, -0.25) is 4.79 Å². The fourth-order valence-corrected chi connectivity index (χ4v) is 5.96. The minimum Gasteiger partial charge on any atom is -0.360 e. The van der Waals surface area contributed by atoms with Crippen LogP contribution in [0.3, 0.4) is 0 Å². The molecule has 3 rings (SSSR count). The van der Waals surface area contributed by atoms with Gasteiger partial charge in [0.25, 0.3) is 5.91 Å². The molecular weight excluding hydrogens is 368 g/mol. The molecule has 0 saturated heterocycles. The number of carbonyl (C=O) groups is 1. The summed E-state index contributed by atoms with van der Waals surface area (Å²) in [6, 6.07) is 0. The Kier molecular flexibility index (Phi) is 4.75. The molecule has 150 valence electrons. The van der Waals surface area contributed by atoms with Crippen LogP contribution in [0, 0.1) is 30.6 Å². The van der Waals surface area contributed by atoms with Crippen molar-refractivity contribution < 1.29 is 17.7 Å². The summed E-state index contributed by atoms with van der Waals surface area (Å²) >= 11 is 0. The van der Waals surface area contributed by atoms with E-state index in [4.69, 9.17) is 4.52 Å². The summed E-state index contributed by atoms with van der Waals surface area (Å²) in [4.78, 5) is 12.3. The van der Waals surface area contributed by atoms with Gasteiger partial charge in [-0.2, -0.15) is 9.41 Å². The van der Waals surface area contributed by atoms with Crippen molar-refractivity contribution in [2.45, 2.75) is 58.8 Å². The van der Waals surface area contributed by atoms with Crippen molar-refractivity contribution in [2.24, 2.45) is 21.8 Å². The first-order valence-corrected chi connectivity index (χ1v) is 10.6. The summed E-state index contributed by atoms with van der Waals surface area (Å²) in [5.41, 5.74) is 3.99. The van der Waals surface area contributed by atoms with Crippen LogP contribution in [-0.4, -0.2) is 43.1 Å². The van der Waals surface area contributed by atoms with Crippen molar-refractivity contribution in [1.29, 1.82) is 0 Å². The number of fused-ring (bicyclic) bond motifs is 2. The lowest BCUT2D eigenvalue weighted by molar-refractivity contribution is -0.121. The lowest BCUT2D eigenvalue weighted by Crippen LogP contribution is -2.38. The van der Waals surface area contributed by atoms with Gasteiger partial charge >= 0.3 is 0 Å². The van der Waals surface area contributed by atoms with E-state index in [9.17, 15) is 13.2 Å². The maximum Gasteiger partial charge on any atom is 0.255 e. The zero-order valence-electron chi connectivity index (χ0n) is 16.8. The predicted molar refractivity (Wildman–Crippen MR) is 101 cm³/mol. The van der Waals surface area contributed by atoms with Gasteiger partial charge < -0.3 is 4.52 Å². The number of aromatic nitrogens is 1. The van der Waals surface area contributed by atoms with E-state index in [-0.39, 0.29) is 33.7 Å². The van der Waals surface area contributed by atoms with E-state index < -0.39 is 15.9 Å². The van der Waals surface area contributed by atoms with Crippen LogP contribution in [-0.2, 0) is 14.8 Å². The molecule has 2 bridgehead atoms. The number of sulfonamides is 1. The van der Waals surface area contributed by atoms with Crippen molar-refractivity contribution >= 4 is 21.6 Å². The van der Waals surface area contributed by atoms with Crippen LogP contribution in [0.4, 0.5) is 0 Å². The van der Waals surface area contributed by atoms with E-state index in [0.29, 0.717) is 5.92 Å². The Morgan fingerprint density at radius 1 is 1.37 bits per heavy atom. The molecule has 0 aromatic carbocycles. The molecule has 9 heteroatoms. The summed E-state index contributed by atoms with van der Waals surface area (Å²) in [5, 5.41) is 8.04. The zero-order chi connectivity index (χ0) is 20.2. The first kappa shape index (κ1) is 20.0. The lowest BCUT2D eigenvalue weighted by atomic mass is 9.70. The molecule has 27 heavy (non-hydrogen) atoms. The highest BCUT2D eigenvalue weighted by atomic mass is 32.2. The molecule has 2 atom stereocenters. The fourth-order valence-electron chi connectivity index (χ4n) is 4.55. The van der Waals surface area contributed by atoms with E-state index in [1.54, 1.807) is 6.92 Å². The van der Waals surface area contributed by atoms with Gasteiger partial charge in [-0.05, 0) is 44.4 Å². The Labute approximate surface area is 160 Å². The summed E-state index contributed by atoms with van der Waals surface area (Å²) in [7, 11) is -2.50. The van der Waals surface area contributed by atoms with Crippen molar-refractivity contribution in [2.75, 3.05) is 13.6 Å². The van der Waals surface area contributed by atoms with Crippen molar-refractivity contribution in [3.8, 4) is 0 Å². The molecule has 2 aliphatic rings. The number of hydrazone groups is 1. The molecule has 1 aromatic rings. The highest BCUT2D eigenvalue weighted by molar-refractivity contribution is 7.89. The normalized spacial score (nSPS) is 28.3. The van der Waals surface area contributed by atoms with Crippen LogP contribution in [0.5, 0.6) is 0 Å². The highest BCUT2D eigenvalue weighted by Gasteiger charge is 2.60. The van der Waals surface area contributed by atoms with Crippen molar-refractivity contribution in [1.82, 2.24) is 14.9 Å². The average molecular weight is 397 g/mol. The number of aryl methyl sites for hydroxylation is 2. The van der Waals surface area contributed by atoms with E-state index in [0.717, 1.165) is 22.9 Å². The molecule has 2 saturated carbocycles. The molecular formula is C18H28N4O4S. The third-order valence-corrected chi connectivity index (χ3v) is 8.88. The standard InChI is InChI=1S/C18H28N4O4S/c1-11-16(12(2)26-21-11)27(24,25)22(6)10-15(23)20-19-14-9-13-7-8-18(14,5)17(13,3)4/h13H,7-10H2,1-6H3,(H,20,23). The monoisotopic (exact) mass is 396 g/mol. The number of likely N-dealkylation sites (N-methyl/N-ethyl adjacent to an activating group) is 1. The maximum absolute atomic E-state index is 12.7. The van der Waals surface area contributed by atoms with Gasteiger partial charge in [-0.1, -0.05) is 25.9 Å². The Morgan fingerprint density at radius 2 is 2.04 bits per heavy atom. The minimum absolute atomic E-state index is 0.00600. The van der Waals surface area contributed by atoms with Crippen LogP contribution in [0.2, 0.25) is 0 Å². The SMILES string of the molecule is Cc1noc(C)c1S(=O)(=O)N(C)CC(=O)NN=C1CC2CCC1(C)C2(C)C. The number of nitrogens with zero attached hydrogens (tertiary/aromatic N) is 3. The Hall–Kier alpha value is -1.74. The molecule has 2 fully saturated rings.